The molecule has 0 radical (unpaired) electrons. The topological polar surface area (TPSA) is 77.4 Å². The van der Waals surface area contributed by atoms with Crippen LogP contribution in [0.4, 0.5) is 0 Å². The van der Waals surface area contributed by atoms with Gasteiger partial charge in [0.15, 0.2) is 0 Å². The number of aryl methyl sites for hydroxylation is 2. The lowest BCUT2D eigenvalue weighted by Crippen LogP contribution is -2.55. The highest BCUT2D eigenvalue weighted by atomic mass is 16.5. The van der Waals surface area contributed by atoms with Gasteiger partial charge in [-0.15, -0.1) is 0 Å². The molecule has 1 aliphatic heterocycles. The van der Waals surface area contributed by atoms with Gasteiger partial charge < -0.3 is 14.6 Å². The molecule has 4 rings (SSSR count). The van der Waals surface area contributed by atoms with E-state index in [0.29, 0.717) is 19.4 Å². The van der Waals surface area contributed by atoms with Gasteiger partial charge in [0.2, 0.25) is 0 Å². The van der Waals surface area contributed by atoms with Gasteiger partial charge in [-0.05, 0) is 49.1 Å². The van der Waals surface area contributed by atoms with E-state index < -0.39 is 17.4 Å². The molecule has 154 valence electrons. The number of benzene rings is 1. The van der Waals surface area contributed by atoms with Crippen LogP contribution in [-0.2, 0) is 22.5 Å². The zero-order valence-electron chi connectivity index (χ0n) is 17.0. The molecule has 1 aliphatic carbocycles. The van der Waals surface area contributed by atoms with Gasteiger partial charge in [0, 0.05) is 6.54 Å². The largest absolute Gasteiger partial charge is 0.467 e. The number of hydrogen-bond acceptors (Lipinski definition) is 4. The summed E-state index contributed by atoms with van der Waals surface area (Å²) in [5.41, 5.74) is 0.856. The number of carbonyl (C=O) groups excluding carboxylic acids is 2. The van der Waals surface area contributed by atoms with Gasteiger partial charge in [-0.2, -0.15) is 0 Å². The average molecular weight is 396 g/mol. The van der Waals surface area contributed by atoms with E-state index >= 15 is 0 Å². The Morgan fingerprint density at radius 2 is 1.83 bits per heavy atom. The fraction of sp³-hybridized carbons (Fsp3) is 0.522. The Hall–Kier alpha value is -2.63. The van der Waals surface area contributed by atoms with E-state index in [9.17, 15) is 14.4 Å². The molecule has 2 aromatic rings. The van der Waals surface area contributed by atoms with Crippen molar-refractivity contribution in [3.63, 3.8) is 0 Å². The number of esters is 1. The molecular weight excluding hydrogens is 368 g/mol. The highest BCUT2D eigenvalue weighted by Crippen LogP contribution is 2.29. The summed E-state index contributed by atoms with van der Waals surface area (Å²) in [7, 11) is 1.35. The van der Waals surface area contributed by atoms with E-state index in [1.807, 2.05) is 12.1 Å². The molecule has 2 aliphatic rings. The molecule has 1 amide bonds. The first-order valence-electron chi connectivity index (χ1n) is 10.6. The van der Waals surface area contributed by atoms with Gasteiger partial charge in [-0.1, -0.05) is 43.9 Å². The number of amides is 1. The zero-order chi connectivity index (χ0) is 20.4. The van der Waals surface area contributed by atoms with Crippen LogP contribution in [0.25, 0.3) is 10.9 Å². The maximum atomic E-state index is 13.2. The molecule has 6 heteroatoms. The fourth-order valence-electron chi connectivity index (χ4n) is 4.88. The van der Waals surface area contributed by atoms with Crippen molar-refractivity contribution in [1.82, 2.24) is 9.88 Å². The Labute approximate surface area is 170 Å². The second-order valence-electron chi connectivity index (χ2n) is 8.27. The van der Waals surface area contributed by atoms with Crippen LogP contribution in [0.5, 0.6) is 0 Å². The average Bonchev–Trinajstić information content (AvgIpc) is 3.10. The summed E-state index contributed by atoms with van der Waals surface area (Å²) in [5, 5.41) is 3.81. The summed E-state index contributed by atoms with van der Waals surface area (Å²) in [4.78, 5) is 39.1. The molecule has 0 bridgehead atoms. The Morgan fingerprint density at radius 1 is 1.07 bits per heavy atom. The van der Waals surface area contributed by atoms with Crippen molar-refractivity contribution in [1.29, 1.82) is 0 Å². The summed E-state index contributed by atoms with van der Waals surface area (Å²) in [6, 6.07) is 7.65. The van der Waals surface area contributed by atoms with Crippen LogP contribution in [0.2, 0.25) is 0 Å². The van der Waals surface area contributed by atoms with Crippen LogP contribution in [0.15, 0.2) is 29.1 Å². The van der Waals surface area contributed by atoms with Crippen molar-refractivity contribution in [3.05, 3.63) is 45.7 Å². The van der Waals surface area contributed by atoms with Crippen LogP contribution in [0, 0.1) is 0 Å². The monoisotopic (exact) mass is 396 g/mol. The summed E-state index contributed by atoms with van der Waals surface area (Å²) in [6.45, 7) is 0.607. The lowest BCUT2D eigenvalue weighted by atomic mass is 9.89. The molecular formula is C23H28N2O4. The number of pyridine rings is 1. The van der Waals surface area contributed by atoms with Gasteiger partial charge in [-0.3, -0.25) is 9.59 Å². The normalized spacial score (nSPS) is 18.5. The van der Waals surface area contributed by atoms with E-state index in [0.717, 1.165) is 61.4 Å². The number of aromatic nitrogens is 1. The molecule has 1 N–H and O–H groups in total. The molecule has 1 aromatic heterocycles. The molecule has 1 aromatic carbocycles. The molecule has 0 unspecified atom stereocenters. The van der Waals surface area contributed by atoms with Crippen molar-refractivity contribution >= 4 is 22.8 Å². The number of nitrogens with one attached hydrogen (secondary N) is 1. The second kappa shape index (κ2) is 8.01. The highest BCUT2D eigenvalue weighted by Gasteiger charge is 2.41. The summed E-state index contributed by atoms with van der Waals surface area (Å²) < 4.78 is 6.78. The lowest BCUT2D eigenvalue weighted by Gasteiger charge is -2.31. The smallest absolute Gasteiger partial charge is 0.331 e. The Kier molecular flexibility index (Phi) is 5.43. The highest BCUT2D eigenvalue weighted by molar-refractivity contribution is 6.00. The first-order valence-corrected chi connectivity index (χ1v) is 10.6. The summed E-state index contributed by atoms with van der Waals surface area (Å²) >= 11 is 0. The Balaban J connectivity index is 1.76. The predicted molar refractivity (Wildman–Crippen MR) is 111 cm³/mol. The van der Waals surface area contributed by atoms with Crippen molar-refractivity contribution in [2.75, 3.05) is 7.11 Å². The van der Waals surface area contributed by atoms with Gasteiger partial charge in [0.25, 0.3) is 11.5 Å². The van der Waals surface area contributed by atoms with E-state index in [-0.39, 0.29) is 11.1 Å². The minimum Gasteiger partial charge on any atom is -0.467 e. The third-order valence-electron chi connectivity index (χ3n) is 6.40. The SMILES string of the molecule is COC(=O)C1(NC(=O)c2cc3cccc4c3n(c2=O)CCCC4)CCCCCC1. The number of ether oxygens (including phenoxy) is 1. The van der Waals surface area contributed by atoms with Crippen LogP contribution < -0.4 is 10.9 Å². The standard InChI is InChI=1S/C23H28N2O4/c1-29-22(28)23(12-5-2-3-6-13-23)24-20(26)18-15-17-11-8-10-16-9-4-7-14-25(19(16)17)21(18)27/h8,10-11,15H,2-7,9,12-14H2,1H3,(H,24,26). The van der Waals surface area contributed by atoms with Gasteiger partial charge >= 0.3 is 5.97 Å². The third-order valence-corrected chi connectivity index (χ3v) is 6.40. The Morgan fingerprint density at radius 3 is 2.55 bits per heavy atom. The van der Waals surface area contributed by atoms with Gasteiger partial charge in [0.1, 0.15) is 11.1 Å². The van der Waals surface area contributed by atoms with Crippen LogP contribution in [0.1, 0.15) is 67.3 Å². The van der Waals surface area contributed by atoms with Crippen molar-refractivity contribution in [2.24, 2.45) is 0 Å². The lowest BCUT2D eigenvalue weighted by molar-refractivity contribution is -0.148. The van der Waals surface area contributed by atoms with E-state index in [4.69, 9.17) is 4.74 Å². The van der Waals surface area contributed by atoms with Crippen LogP contribution in [0.3, 0.4) is 0 Å². The second-order valence-corrected chi connectivity index (χ2v) is 8.27. The quantitative estimate of drug-likeness (QED) is 0.638. The number of methoxy groups -OCH3 is 1. The molecule has 1 fully saturated rings. The zero-order valence-corrected chi connectivity index (χ0v) is 17.0. The number of rotatable bonds is 3. The van der Waals surface area contributed by atoms with Crippen molar-refractivity contribution in [2.45, 2.75) is 69.9 Å². The van der Waals surface area contributed by atoms with Crippen molar-refractivity contribution in [3.8, 4) is 0 Å². The predicted octanol–water partition coefficient (Wildman–Crippen LogP) is 3.33. The summed E-state index contributed by atoms with van der Waals surface area (Å²) in [5.74, 6) is -0.906. The molecule has 0 saturated heterocycles. The minimum atomic E-state index is -1.05. The molecule has 0 atom stereocenters. The van der Waals surface area contributed by atoms with E-state index in [1.54, 1.807) is 10.6 Å². The van der Waals surface area contributed by atoms with E-state index in [1.165, 1.54) is 7.11 Å². The third kappa shape index (κ3) is 3.56. The number of hydrogen-bond donors (Lipinski definition) is 1. The molecule has 29 heavy (non-hydrogen) atoms. The van der Waals surface area contributed by atoms with Crippen LogP contribution >= 0.6 is 0 Å². The number of para-hydroxylation sites is 1. The maximum absolute atomic E-state index is 13.2. The Bertz CT molecular complexity index is 1000. The molecule has 2 heterocycles. The fourth-order valence-corrected chi connectivity index (χ4v) is 4.88. The minimum absolute atomic E-state index is 0.101. The first kappa shape index (κ1) is 19.7. The first-order chi connectivity index (χ1) is 14.1. The number of nitrogens with zero attached hydrogens (tertiary/aromatic N) is 1. The van der Waals surface area contributed by atoms with Gasteiger partial charge in [0.05, 0.1) is 12.6 Å². The summed E-state index contributed by atoms with van der Waals surface area (Å²) in [6.07, 6.45) is 7.69. The molecule has 6 nitrogen and oxygen atoms in total. The maximum Gasteiger partial charge on any atom is 0.331 e. The van der Waals surface area contributed by atoms with Crippen LogP contribution in [-0.4, -0.2) is 29.1 Å². The van der Waals surface area contributed by atoms with Crippen molar-refractivity contribution < 1.29 is 14.3 Å². The number of carbonyl (C=O) groups is 2. The molecule has 1 saturated carbocycles. The van der Waals surface area contributed by atoms with E-state index in [2.05, 4.69) is 11.4 Å². The van der Waals surface area contributed by atoms with Gasteiger partial charge in [-0.25, -0.2) is 4.79 Å². The molecule has 0 spiro atoms.